The maximum Gasteiger partial charge on any atom is 0.412 e. The van der Waals surface area contributed by atoms with Gasteiger partial charge in [0.25, 0.3) is 0 Å². The van der Waals surface area contributed by atoms with E-state index in [9.17, 15) is 9.59 Å². The molecule has 0 atom stereocenters. The van der Waals surface area contributed by atoms with E-state index in [-0.39, 0.29) is 6.09 Å². The number of amides is 2. The molecule has 1 saturated heterocycles. The zero-order valence-corrected chi connectivity index (χ0v) is 20.8. The molecule has 2 aliphatic rings. The molecule has 2 aromatic rings. The van der Waals surface area contributed by atoms with Crippen LogP contribution in [0.15, 0.2) is 24.3 Å². The highest BCUT2D eigenvalue weighted by Crippen LogP contribution is 2.31. The first kappa shape index (κ1) is 24.7. The minimum atomic E-state index is -0.564. The van der Waals surface area contributed by atoms with Crippen molar-refractivity contribution < 1.29 is 23.8 Å². The molecule has 2 amide bonds. The van der Waals surface area contributed by atoms with E-state index in [0.29, 0.717) is 50.8 Å². The highest BCUT2D eigenvalue weighted by atomic mass is 16.6. The average molecular weight is 484 g/mol. The van der Waals surface area contributed by atoms with Gasteiger partial charge in [0.15, 0.2) is 5.82 Å². The molecule has 0 unspecified atom stereocenters. The summed E-state index contributed by atoms with van der Waals surface area (Å²) in [6.07, 6.45) is -0.189. The van der Waals surface area contributed by atoms with Gasteiger partial charge in [-0.1, -0.05) is 0 Å². The molecule has 1 N–H and O–H groups in total. The summed E-state index contributed by atoms with van der Waals surface area (Å²) in [5.41, 5.74) is 2.10. The van der Waals surface area contributed by atoms with Crippen molar-refractivity contribution in [3.05, 3.63) is 35.5 Å². The normalized spacial score (nSPS) is 15.9. The third kappa shape index (κ3) is 6.19. The summed E-state index contributed by atoms with van der Waals surface area (Å²) < 4.78 is 16.4. The number of hydrogen-bond acceptors (Lipinski definition) is 8. The minimum absolute atomic E-state index is 0.344. The molecule has 188 valence electrons. The monoisotopic (exact) mass is 483 g/mol. The predicted octanol–water partition coefficient (Wildman–Crippen LogP) is 3.38. The summed E-state index contributed by atoms with van der Waals surface area (Å²) in [7, 11) is 0. The molecule has 1 aromatic carbocycles. The van der Waals surface area contributed by atoms with Gasteiger partial charge in [0, 0.05) is 37.3 Å². The maximum absolute atomic E-state index is 12.7. The van der Waals surface area contributed by atoms with E-state index in [1.165, 1.54) is 0 Å². The number of rotatable bonds is 4. The summed E-state index contributed by atoms with van der Waals surface area (Å²) in [6, 6.07) is 7.09. The zero-order chi connectivity index (χ0) is 25.0. The van der Waals surface area contributed by atoms with Crippen LogP contribution in [0.4, 0.5) is 15.4 Å². The highest BCUT2D eigenvalue weighted by Gasteiger charge is 2.30. The Hall–Kier alpha value is -3.40. The minimum Gasteiger partial charge on any atom is -0.444 e. The number of benzene rings is 1. The average Bonchev–Trinajstić information content (AvgIpc) is 2.83. The Morgan fingerprint density at radius 3 is 2.46 bits per heavy atom. The quantitative estimate of drug-likeness (QED) is 0.706. The van der Waals surface area contributed by atoms with Gasteiger partial charge in [-0.2, -0.15) is 0 Å². The standard InChI is InChI=1S/C25H33N5O5/c1-5-26-23(31)34-18-8-6-17(7-9-18)21-27-20-16-30(24(32)35-25(2,3)4)11-10-19(20)22(28-21)29-12-14-33-15-13-29/h6-9H,5,10-16H2,1-4H3,(H,26,31). The Morgan fingerprint density at radius 1 is 1.09 bits per heavy atom. The summed E-state index contributed by atoms with van der Waals surface area (Å²) >= 11 is 0. The Labute approximate surface area is 205 Å². The van der Waals surface area contributed by atoms with Crippen LogP contribution in [0.5, 0.6) is 5.75 Å². The van der Waals surface area contributed by atoms with E-state index in [1.807, 2.05) is 39.8 Å². The molecule has 10 nitrogen and oxygen atoms in total. The first-order chi connectivity index (χ1) is 16.7. The summed E-state index contributed by atoms with van der Waals surface area (Å²) in [6.45, 7) is 11.6. The smallest absolute Gasteiger partial charge is 0.412 e. The van der Waals surface area contributed by atoms with Gasteiger partial charge in [-0.3, -0.25) is 0 Å². The lowest BCUT2D eigenvalue weighted by molar-refractivity contribution is 0.0220. The van der Waals surface area contributed by atoms with Gasteiger partial charge in [0.05, 0.1) is 25.5 Å². The van der Waals surface area contributed by atoms with E-state index >= 15 is 0 Å². The predicted molar refractivity (Wildman–Crippen MR) is 131 cm³/mol. The fourth-order valence-electron chi connectivity index (χ4n) is 4.02. The lowest BCUT2D eigenvalue weighted by Crippen LogP contribution is -2.42. The topological polar surface area (TPSA) is 106 Å². The Balaban J connectivity index is 1.64. The van der Waals surface area contributed by atoms with Crippen LogP contribution in [-0.2, 0) is 22.4 Å². The number of ether oxygens (including phenoxy) is 3. The van der Waals surface area contributed by atoms with E-state index < -0.39 is 11.7 Å². The van der Waals surface area contributed by atoms with Gasteiger partial charge in [-0.05, 0) is 58.4 Å². The van der Waals surface area contributed by atoms with Crippen molar-refractivity contribution >= 4 is 18.0 Å². The van der Waals surface area contributed by atoms with E-state index in [4.69, 9.17) is 24.2 Å². The van der Waals surface area contributed by atoms with Gasteiger partial charge in [0.2, 0.25) is 0 Å². The van der Waals surface area contributed by atoms with Gasteiger partial charge in [-0.25, -0.2) is 19.6 Å². The third-order valence-corrected chi connectivity index (χ3v) is 5.65. The molecule has 0 aliphatic carbocycles. The van der Waals surface area contributed by atoms with Gasteiger partial charge >= 0.3 is 12.2 Å². The molecule has 10 heteroatoms. The largest absolute Gasteiger partial charge is 0.444 e. The van der Waals surface area contributed by atoms with E-state index in [0.717, 1.165) is 35.7 Å². The maximum atomic E-state index is 12.7. The number of aromatic nitrogens is 2. The van der Waals surface area contributed by atoms with Gasteiger partial charge in [0.1, 0.15) is 17.2 Å². The van der Waals surface area contributed by atoms with E-state index in [2.05, 4.69) is 10.2 Å². The van der Waals surface area contributed by atoms with Crippen molar-refractivity contribution in [3.8, 4) is 17.1 Å². The summed E-state index contributed by atoms with van der Waals surface area (Å²) in [5, 5.41) is 2.60. The molecule has 1 fully saturated rings. The fraction of sp³-hybridized carbons (Fsp3) is 0.520. The number of nitrogens with zero attached hydrogens (tertiary/aromatic N) is 4. The molecule has 4 rings (SSSR count). The molecular weight excluding hydrogens is 450 g/mol. The Kier molecular flexibility index (Phi) is 7.39. The second kappa shape index (κ2) is 10.5. The van der Waals surface area contributed by atoms with Gasteiger partial charge < -0.3 is 29.3 Å². The molecule has 35 heavy (non-hydrogen) atoms. The molecule has 0 spiro atoms. The van der Waals surface area contributed by atoms with Crippen LogP contribution in [0.3, 0.4) is 0 Å². The molecule has 0 bridgehead atoms. The lowest BCUT2D eigenvalue weighted by Gasteiger charge is -2.34. The summed E-state index contributed by atoms with van der Waals surface area (Å²) in [4.78, 5) is 38.1. The fourth-order valence-corrected chi connectivity index (χ4v) is 4.02. The van der Waals surface area contributed by atoms with Crippen molar-refractivity contribution in [3.63, 3.8) is 0 Å². The summed E-state index contributed by atoms with van der Waals surface area (Å²) in [5.74, 6) is 1.88. The molecule has 2 aliphatic heterocycles. The van der Waals surface area contributed by atoms with Crippen molar-refractivity contribution in [2.24, 2.45) is 0 Å². The van der Waals surface area contributed by atoms with Crippen molar-refractivity contribution in [1.82, 2.24) is 20.2 Å². The lowest BCUT2D eigenvalue weighted by atomic mass is 10.0. The van der Waals surface area contributed by atoms with Crippen LogP contribution >= 0.6 is 0 Å². The van der Waals surface area contributed by atoms with E-state index in [1.54, 1.807) is 17.0 Å². The second-order valence-corrected chi connectivity index (χ2v) is 9.49. The van der Waals surface area contributed by atoms with Crippen LogP contribution in [-0.4, -0.2) is 72.0 Å². The van der Waals surface area contributed by atoms with Crippen molar-refractivity contribution in [2.75, 3.05) is 44.3 Å². The van der Waals surface area contributed by atoms with Crippen molar-refractivity contribution in [1.29, 1.82) is 0 Å². The van der Waals surface area contributed by atoms with Gasteiger partial charge in [-0.15, -0.1) is 0 Å². The van der Waals surface area contributed by atoms with Crippen LogP contribution in [0, 0.1) is 0 Å². The molecular formula is C25H33N5O5. The zero-order valence-electron chi connectivity index (χ0n) is 20.8. The molecule has 3 heterocycles. The van der Waals surface area contributed by atoms with Crippen LogP contribution in [0.25, 0.3) is 11.4 Å². The number of morpholine rings is 1. The number of fused-ring (bicyclic) bond motifs is 1. The van der Waals surface area contributed by atoms with Crippen LogP contribution < -0.4 is 15.0 Å². The number of anilines is 1. The Morgan fingerprint density at radius 2 is 1.80 bits per heavy atom. The van der Waals surface area contributed by atoms with Crippen LogP contribution in [0.1, 0.15) is 39.0 Å². The number of nitrogens with one attached hydrogen (secondary N) is 1. The number of carbonyl (C=O) groups is 2. The molecule has 1 aromatic heterocycles. The van der Waals surface area contributed by atoms with Crippen molar-refractivity contribution in [2.45, 2.75) is 46.3 Å². The first-order valence-corrected chi connectivity index (χ1v) is 12.0. The third-order valence-electron chi connectivity index (χ3n) is 5.65. The number of carbonyl (C=O) groups excluding carboxylic acids is 2. The molecule has 0 saturated carbocycles. The number of hydrogen-bond donors (Lipinski definition) is 1. The SMILES string of the molecule is CCNC(=O)Oc1ccc(-c2nc3c(c(N4CCOCC4)n2)CCN(C(=O)OC(C)(C)C)C3)cc1. The van der Waals surface area contributed by atoms with Crippen LogP contribution in [0.2, 0.25) is 0 Å². The highest BCUT2D eigenvalue weighted by molar-refractivity contribution is 5.71. The molecule has 0 radical (unpaired) electrons. The first-order valence-electron chi connectivity index (χ1n) is 12.0. The second-order valence-electron chi connectivity index (χ2n) is 9.49. The Bertz CT molecular complexity index is 1060.